The SMILES string of the molecule is COc1cc(C(=O)CC[C@](C)(O)c2cc3c(c(-c4ccc(F)cc4)n2)OC[C@]3(C)C(N)=O)ccc1OC1CC1. The van der Waals surface area contributed by atoms with E-state index in [-0.39, 0.29) is 37.0 Å². The number of amides is 1. The molecule has 204 valence electrons. The van der Waals surface area contributed by atoms with Gasteiger partial charge in [0.15, 0.2) is 17.3 Å². The highest BCUT2D eigenvalue weighted by atomic mass is 19.1. The van der Waals surface area contributed by atoms with Crippen LogP contribution in [0.5, 0.6) is 17.2 Å². The minimum Gasteiger partial charge on any atom is -0.493 e. The molecule has 8 nitrogen and oxygen atoms in total. The summed E-state index contributed by atoms with van der Waals surface area (Å²) in [4.78, 5) is 30.2. The van der Waals surface area contributed by atoms with Crippen molar-refractivity contribution < 1.29 is 33.3 Å². The van der Waals surface area contributed by atoms with E-state index in [1.807, 2.05) is 0 Å². The Balaban J connectivity index is 1.43. The first kappa shape index (κ1) is 26.6. The topological polar surface area (TPSA) is 121 Å². The van der Waals surface area contributed by atoms with Crippen LogP contribution in [0, 0.1) is 5.82 Å². The highest BCUT2D eigenvalue weighted by molar-refractivity contribution is 5.96. The lowest BCUT2D eigenvalue weighted by Crippen LogP contribution is -2.40. The molecule has 3 aromatic rings. The van der Waals surface area contributed by atoms with E-state index in [4.69, 9.17) is 19.9 Å². The van der Waals surface area contributed by atoms with Crippen LogP contribution in [0.25, 0.3) is 11.3 Å². The Morgan fingerprint density at radius 3 is 2.54 bits per heavy atom. The molecule has 0 saturated heterocycles. The lowest BCUT2D eigenvalue weighted by atomic mass is 9.81. The van der Waals surface area contributed by atoms with E-state index in [2.05, 4.69) is 4.98 Å². The third-order valence-corrected chi connectivity index (χ3v) is 7.43. The molecular weight excluding hydrogens is 503 g/mol. The zero-order chi connectivity index (χ0) is 27.9. The molecule has 1 aliphatic heterocycles. The molecule has 1 saturated carbocycles. The van der Waals surface area contributed by atoms with Crippen molar-refractivity contribution in [1.29, 1.82) is 0 Å². The van der Waals surface area contributed by atoms with Crippen LogP contribution in [-0.2, 0) is 15.8 Å². The normalized spacial score (nSPS) is 19.5. The van der Waals surface area contributed by atoms with Gasteiger partial charge in [-0.25, -0.2) is 9.37 Å². The number of fused-ring (bicyclic) bond motifs is 1. The molecule has 2 atom stereocenters. The summed E-state index contributed by atoms with van der Waals surface area (Å²) in [5.41, 5.74) is 5.12. The van der Waals surface area contributed by atoms with Crippen molar-refractivity contribution in [2.75, 3.05) is 13.7 Å². The van der Waals surface area contributed by atoms with Crippen LogP contribution < -0.4 is 19.9 Å². The minimum atomic E-state index is -1.54. The number of rotatable bonds is 10. The van der Waals surface area contributed by atoms with Crippen LogP contribution >= 0.6 is 0 Å². The number of carbonyl (C=O) groups is 2. The molecule has 1 amide bonds. The number of nitrogens with zero attached hydrogens (tertiary/aromatic N) is 1. The molecule has 1 aliphatic carbocycles. The molecule has 5 rings (SSSR count). The molecule has 1 aromatic heterocycles. The second-order valence-electron chi connectivity index (χ2n) is 10.6. The zero-order valence-corrected chi connectivity index (χ0v) is 22.1. The van der Waals surface area contributed by atoms with Crippen LogP contribution in [0.3, 0.4) is 0 Å². The molecular formula is C30H31FN2O6. The second-order valence-corrected chi connectivity index (χ2v) is 10.6. The van der Waals surface area contributed by atoms with Crippen LogP contribution in [0.1, 0.15) is 61.1 Å². The zero-order valence-electron chi connectivity index (χ0n) is 22.1. The van der Waals surface area contributed by atoms with E-state index < -0.39 is 22.7 Å². The average molecular weight is 535 g/mol. The number of methoxy groups -OCH3 is 1. The summed E-state index contributed by atoms with van der Waals surface area (Å²) in [6.45, 7) is 3.25. The van der Waals surface area contributed by atoms with Gasteiger partial charge in [-0.05, 0) is 81.6 Å². The fourth-order valence-corrected chi connectivity index (χ4v) is 4.60. The van der Waals surface area contributed by atoms with Gasteiger partial charge in [-0.3, -0.25) is 9.59 Å². The third kappa shape index (κ3) is 5.18. The fourth-order valence-electron chi connectivity index (χ4n) is 4.60. The van der Waals surface area contributed by atoms with Crippen molar-refractivity contribution in [2.45, 2.75) is 56.7 Å². The molecule has 1 fully saturated rings. The van der Waals surface area contributed by atoms with E-state index in [1.54, 1.807) is 50.2 Å². The standard InChI is InChI=1S/C30H31FN2O6/c1-29(28(32)35)16-38-27-21(29)15-25(33-26(27)17-4-7-19(31)8-5-17)30(2,36)13-12-22(34)18-6-11-23(24(14-18)37-3)39-20-9-10-20/h4-8,11,14-15,20,36H,9-10,12-13,16H2,1-3H3,(H2,32,35)/t29-,30-/m0/s1. The number of Topliss-reactive ketones (excluding diaryl/α,β-unsaturated/α-hetero) is 1. The van der Waals surface area contributed by atoms with Gasteiger partial charge in [-0.1, -0.05) is 0 Å². The molecule has 9 heteroatoms. The Labute approximate surface area is 225 Å². The smallest absolute Gasteiger partial charge is 0.231 e. The van der Waals surface area contributed by atoms with Gasteiger partial charge in [0.2, 0.25) is 5.91 Å². The number of ether oxygens (including phenoxy) is 3. The van der Waals surface area contributed by atoms with Crippen LogP contribution in [-0.4, -0.2) is 41.6 Å². The molecule has 3 N–H and O–H groups in total. The summed E-state index contributed by atoms with van der Waals surface area (Å²) in [6.07, 6.45) is 2.27. The molecule has 0 bridgehead atoms. The predicted molar refractivity (Wildman–Crippen MR) is 141 cm³/mol. The quantitative estimate of drug-likeness (QED) is 0.369. The van der Waals surface area contributed by atoms with Crippen LogP contribution in [0.2, 0.25) is 0 Å². The molecule has 0 radical (unpaired) electrons. The van der Waals surface area contributed by atoms with Gasteiger partial charge in [-0.15, -0.1) is 0 Å². The monoisotopic (exact) mass is 534 g/mol. The van der Waals surface area contributed by atoms with Crippen molar-refractivity contribution in [3.63, 3.8) is 0 Å². The van der Waals surface area contributed by atoms with E-state index in [9.17, 15) is 19.1 Å². The first-order valence-corrected chi connectivity index (χ1v) is 12.9. The van der Waals surface area contributed by atoms with Crippen LogP contribution in [0.15, 0.2) is 48.5 Å². The number of pyridine rings is 1. The van der Waals surface area contributed by atoms with Gasteiger partial charge in [-0.2, -0.15) is 0 Å². The summed E-state index contributed by atoms with van der Waals surface area (Å²) < 4.78 is 30.7. The Kier molecular flexibility index (Phi) is 6.80. The third-order valence-electron chi connectivity index (χ3n) is 7.43. The van der Waals surface area contributed by atoms with E-state index in [0.29, 0.717) is 39.6 Å². The molecule has 2 aliphatic rings. The van der Waals surface area contributed by atoms with Gasteiger partial charge < -0.3 is 25.1 Å². The predicted octanol–water partition coefficient (Wildman–Crippen LogP) is 4.44. The van der Waals surface area contributed by atoms with Gasteiger partial charge >= 0.3 is 0 Å². The molecule has 0 spiro atoms. The average Bonchev–Trinajstić information content (AvgIpc) is 3.67. The number of aliphatic hydroxyl groups is 1. The van der Waals surface area contributed by atoms with Crippen molar-refractivity contribution >= 4 is 11.7 Å². The van der Waals surface area contributed by atoms with Gasteiger partial charge in [0, 0.05) is 23.1 Å². The number of primary amides is 1. The molecule has 2 heterocycles. The van der Waals surface area contributed by atoms with E-state index >= 15 is 0 Å². The second kappa shape index (κ2) is 9.96. The fraction of sp³-hybridized carbons (Fsp3) is 0.367. The number of hydrogen-bond donors (Lipinski definition) is 2. The Morgan fingerprint density at radius 2 is 1.90 bits per heavy atom. The van der Waals surface area contributed by atoms with Crippen molar-refractivity contribution in [1.82, 2.24) is 4.98 Å². The maximum atomic E-state index is 13.6. The molecule has 39 heavy (non-hydrogen) atoms. The lowest BCUT2D eigenvalue weighted by Gasteiger charge is -2.26. The van der Waals surface area contributed by atoms with Crippen molar-refractivity contribution in [3.05, 3.63) is 71.2 Å². The number of carbonyl (C=O) groups excluding carboxylic acids is 2. The number of nitrogens with two attached hydrogens (primary N) is 1. The molecule has 0 unspecified atom stereocenters. The van der Waals surface area contributed by atoms with Gasteiger partial charge in [0.05, 0.1) is 18.9 Å². The summed E-state index contributed by atoms with van der Waals surface area (Å²) in [6, 6.07) is 12.4. The van der Waals surface area contributed by atoms with Crippen molar-refractivity contribution in [3.8, 4) is 28.5 Å². The first-order valence-electron chi connectivity index (χ1n) is 12.9. The van der Waals surface area contributed by atoms with Gasteiger partial charge in [0.1, 0.15) is 34.9 Å². The van der Waals surface area contributed by atoms with E-state index in [1.165, 1.54) is 19.2 Å². The number of ketones is 1. The summed E-state index contributed by atoms with van der Waals surface area (Å²) >= 11 is 0. The van der Waals surface area contributed by atoms with Crippen LogP contribution in [0.4, 0.5) is 4.39 Å². The molecule has 2 aromatic carbocycles. The summed E-state index contributed by atoms with van der Waals surface area (Å²) in [7, 11) is 1.52. The maximum Gasteiger partial charge on any atom is 0.231 e. The maximum absolute atomic E-state index is 13.6. The van der Waals surface area contributed by atoms with Gasteiger partial charge in [0.25, 0.3) is 0 Å². The highest BCUT2D eigenvalue weighted by Crippen LogP contribution is 2.46. The Hall–Kier alpha value is -3.98. The number of hydrogen-bond acceptors (Lipinski definition) is 7. The largest absolute Gasteiger partial charge is 0.493 e. The Morgan fingerprint density at radius 1 is 1.18 bits per heavy atom. The van der Waals surface area contributed by atoms with Crippen molar-refractivity contribution in [2.24, 2.45) is 5.73 Å². The minimum absolute atomic E-state index is 0.0138. The number of halogens is 1. The first-order chi connectivity index (χ1) is 18.5. The number of benzene rings is 2. The lowest BCUT2D eigenvalue weighted by molar-refractivity contribution is -0.123. The Bertz CT molecular complexity index is 1430. The van der Waals surface area contributed by atoms with E-state index in [0.717, 1.165) is 12.8 Å². The highest BCUT2D eigenvalue weighted by Gasteiger charge is 2.45. The number of aromatic nitrogens is 1. The summed E-state index contributed by atoms with van der Waals surface area (Å²) in [5, 5.41) is 11.5. The summed E-state index contributed by atoms with van der Waals surface area (Å²) in [5.74, 6) is 0.259.